The Morgan fingerprint density at radius 3 is 1.53 bits per heavy atom. The van der Waals surface area contributed by atoms with E-state index in [9.17, 15) is 20.1 Å². The molecule has 0 saturated carbocycles. The number of rotatable bonds is 28. The van der Waals surface area contributed by atoms with Crippen molar-refractivity contribution < 1.29 is 29.6 Å². The molecule has 0 unspecified atom stereocenters. The molecule has 1 fully saturated rings. The maximum Gasteiger partial charge on any atom is 0.334 e. The second-order valence-corrected chi connectivity index (χ2v) is 13.6. The van der Waals surface area contributed by atoms with Gasteiger partial charge in [0.05, 0.1) is 30.5 Å². The number of hydrogen-bond acceptors (Lipinski definition) is 6. The van der Waals surface area contributed by atoms with Crippen LogP contribution in [-0.2, 0) is 14.3 Å². The average molecular weight is 609 g/mol. The molecular formula is C37H68O6. The number of esters is 1. The van der Waals surface area contributed by atoms with Gasteiger partial charge in [-0.25, -0.2) is 4.79 Å². The quantitative estimate of drug-likeness (QED) is 0.0606. The smallest absolute Gasteiger partial charge is 0.334 e. The molecule has 2 aliphatic heterocycles. The summed E-state index contributed by atoms with van der Waals surface area (Å²) in [5, 5.41) is 31.5. The largest absolute Gasteiger partial charge is 0.455 e. The van der Waals surface area contributed by atoms with E-state index < -0.39 is 12.2 Å². The monoisotopic (exact) mass is 609 g/mol. The predicted octanol–water partition coefficient (Wildman–Crippen LogP) is 8.87. The number of hydrogen-bond donors (Lipinski definition) is 3. The molecule has 0 aromatic heterocycles. The van der Waals surface area contributed by atoms with Gasteiger partial charge >= 0.3 is 5.97 Å². The van der Waals surface area contributed by atoms with E-state index in [0.29, 0.717) is 0 Å². The van der Waals surface area contributed by atoms with Crippen LogP contribution in [0.3, 0.4) is 0 Å². The van der Waals surface area contributed by atoms with Gasteiger partial charge in [-0.1, -0.05) is 122 Å². The van der Waals surface area contributed by atoms with Crippen LogP contribution in [0.25, 0.3) is 0 Å². The average Bonchev–Trinajstić information content (AvgIpc) is 3.61. The molecular weight excluding hydrogens is 540 g/mol. The molecule has 0 bridgehead atoms. The lowest BCUT2D eigenvalue weighted by atomic mass is 9.99. The van der Waals surface area contributed by atoms with E-state index in [1.807, 2.05) is 13.0 Å². The van der Waals surface area contributed by atoms with E-state index in [2.05, 4.69) is 6.92 Å². The summed E-state index contributed by atoms with van der Waals surface area (Å²) in [7, 11) is 0. The third-order valence-electron chi connectivity index (χ3n) is 9.56. The summed E-state index contributed by atoms with van der Waals surface area (Å²) in [4.78, 5) is 11.6. The molecule has 0 spiro atoms. The highest BCUT2D eigenvalue weighted by Gasteiger charge is 2.34. The van der Waals surface area contributed by atoms with Crippen molar-refractivity contribution in [2.24, 2.45) is 0 Å². The minimum absolute atomic E-state index is 0.0541. The van der Waals surface area contributed by atoms with E-state index >= 15 is 0 Å². The van der Waals surface area contributed by atoms with Crippen LogP contribution in [0.2, 0.25) is 0 Å². The van der Waals surface area contributed by atoms with E-state index in [1.54, 1.807) is 0 Å². The van der Waals surface area contributed by atoms with Gasteiger partial charge in [-0.3, -0.25) is 0 Å². The third kappa shape index (κ3) is 18.0. The molecule has 6 atom stereocenters. The number of cyclic esters (lactones) is 1. The summed E-state index contributed by atoms with van der Waals surface area (Å²) < 4.78 is 11.2. The van der Waals surface area contributed by atoms with Crippen LogP contribution in [0.1, 0.15) is 181 Å². The molecule has 0 aromatic carbocycles. The highest BCUT2D eigenvalue weighted by molar-refractivity contribution is 5.90. The summed E-state index contributed by atoms with van der Waals surface area (Å²) in [6.45, 7) is 4.16. The Labute approximate surface area is 264 Å². The first-order valence-electron chi connectivity index (χ1n) is 18.5. The van der Waals surface area contributed by atoms with Crippen LogP contribution in [-0.4, -0.2) is 57.9 Å². The van der Waals surface area contributed by atoms with Crippen LogP contribution >= 0.6 is 0 Å². The summed E-state index contributed by atoms with van der Waals surface area (Å²) in [6.07, 6.45) is 29.1. The van der Waals surface area contributed by atoms with Gasteiger partial charge in [0.1, 0.15) is 6.10 Å². The van der Waals surface area contributed by atoms with Crippen molar-refractivity contribution in [2.75, 3.05) is 0 Å². The molecule has 0 aliphatic carbocycles. The normalized spacial score (nSPS) is 22.5. The fourth-order valence-electron chi connectivity index (χ4n) is 6.74. The zero-order valence-electron chi connectivity index (χ0n) is 28.0. The standard InChI is InChI=1S/C37H68O6/c1-3-4-5-6-7-12-15-20-25-33(39)35-27-28-36(43-35)34(40)26-21-16-19-24-32(38)23-18-14-11-9-8-10-13-17-22-31-29-30(2)42-37(31)41/h29-30,32-36,38-40H,3-28H2,1-2H3/t30-,32+,33-,34+,35+,36+/m0/s1. The van der Waals surface area contributed by atoms with Gasteiger partial charge < -0.3 is 24.8 Å². The Morgan fingerprint density at radius 1 is 0.651 bits per heavy atom. The summed E-state index contributed by atoms with van der Waals surface area (Å²) in [5.74, 6) is -0.127. The first-order valence-corrected chi connectivity index (χ1v) is 18.5. The Balaban J connectivity index is 1.35. The summed E-state index contributed by atoms with van der Waals surface area (Å²) in [5.41, 5.74) is 0.858. The molecule has 0 amide bonds. The first-order chi connectivity index (χ1) is 20.9. The van der Waals surface area contributed by atoms with Gasteiger partial charge in [0.2, 0.25) is 0 Å². The minimum Gasteiger partial charge on any atom is -0.455 e. The van der Waals surface area contributed by atoms with Gasteiger partial charge in [-0.15, -0.1) is 0 Å². The van der Waals surface area contributed by atoms with Gasteiger partial charge in [0.15, 0.2) is 0 Å². The Kier molecular flexibility index (Phi) is 21.6. The van der Waals surface area contributed by atoms with Crippen molar-refractivity contribution in [3.8, 4) is 0 Å². The fraction of sp³-hybridized carbons (Fsp3) is 0.919. The van der Waals surface area contributed by atoms with Gasteiger partial charge in [0.25, 0.3) is 0 Å². The van der Waals surface area contributed by atoms with Crippen molar-refractivity contribution >= 4 is 5.97 Å². The van der Waals surface area contributed by atoms with Crippen molar-refractivity contribution in [1.29, 1.82) is 0 Å². The molecule has 1 saturated heterocycles. The highest BCUT2D eigenvalue weighted by atomic mass is 16.5. The number of unbranched alkanes of at least 4 members (excludes halogenated alkanes) is 16. The van der Waals surface area contributed by atoms with Crippen LogP contribution < -0.4 is 0 Å². The lowest BCUT2D eigenvalue weighted by Crippen LogP contribution is -2.31. The Morgan fingerprint density at radius 2 is 1.07 bits per heavy atom. The molecule has 2 rings (SSSR count). The predicted molar refractivity (Wildman–Crippen MR) is 176 cm³/mol. The van der Waals surface area contributed by atoms with Crippen molar-refractivity contribution in [2.45, 2.75) is 217 Å². The molecule has 3 N–H and O–H groups in total. The van der Waals surface area contributed by atoms with Crippen LogP contribution in [0.15, 0.2) is 11.6 Å². The third-order valence-corrected chi connectivity index (χ3v) is 9.56. The maximum absolute atomic E-state index is 11.6. The lowest BCUT2D eigenvalue weighted by Gasteiger charge is -2.22. The highest BCUT2D eigenvalue weighted by Crippen LogP contribution is 2.28. The summed E-state index contributed by atoms with van der Waals surface area (Å²) in [6, 6.07) is 0. The van der Waals surface area contributed by atoms with Crippen LogP contribution in [0.5, 0.6) is 0 Å². The first kappa shape index (κ1) is 38.2. The molecule has 0 aromatic rings. The second kappa shape index (κ2) is 24.3. The van der Waals surface area contributed by atoms with Crippen LogP contribution in [0.4, 0.5) is 0 Å². The number of carbonyl (C=O) groups is 1. The number of aliphatic hydroxyl groups is 3. The van der Waals surface area contributed by atoms with Crippen molar-refractivity contribution in [3.63, 3.8) is 0 Å². The summed E-state index contributed by atoms with van der Waals surface area (Å²) >= 11 is 0. The Bertz CT molecular complexity index is 724. The SMILES string of the molecule is CCCCCCCCCC[C@H](O)[C@H]1CC[C@H]([C@H](O)CCCCC[C@H](O)CCCCCCCCCCC2=C[C@H](C)OC2=O)O1. The van der Waals surface area contributed by atoms with E-state index in [0.717, 1.165) is 89.0 Å². The number of carbonyl (C=O) groups excluding carboxylic acids is 1. The van der Waals surface area contributed by atoms with Crippen LogP contribution in [0, 0.1) is 0 Å². The second-order valence-electron chi connectivity index (χ2n) is 13.6. The van der Waals surface area contributed by atoms with Gasteiger partial charge in [0, 0.05) is 5.57 Å². The van der Waals surface area contributed by atoms with E-state index in [-0.39, 0.29) is 30.4 Å². The number of aliphatic hydroxyl groups excluding tert-OH is 3. The van der Waals surface area contributed by atoms with Crippen molar-refractivity contribution in [3.05, 3.63) is 11.6 Å². The van der Waals surface area contributed by atoms with Gasteiger partial charge in [-0.05, 0) is 64.4 Å². The molecule has 2 heterocycles. The van der Waals surface area contributed by atoms with E-state index in [4.69, 9.17) is 9.47 Å². The zero-order valence-corrected chi connectivity index (χ0v) is 28.0. The maximum atomic E-state index is 11.6. The molecule has 43 heavy (non-hydrogen) atoms. The molecule has 0 radical (unpaired) electrons. The van der Waals surface area contributed by atoms with Gasteiger partial charge in [-0.2, -0.15) is 0 Å². The molecule has 6 nitrogen and oxygen atoms in total. The topological polar surface area (TPSA) is 96.2 Å². The Hall–Kier alpha value is -0.950. The minimum atomic E-state index is -0.447. The molecule has 252 valence electrons. The zero-order chi connectivity index (χ0) is 31.1. The number of ether oxygens (including phenoxy) is 2. The lowest BCUT2D eigenvalue weighted by molar-refractivity contribution is -0.139. The van der Waals surface area contributed by atoms with Crippen molar-refractivity contribution in [1.82, 2.24) is 0 Å². The van der Waals surface area contributed by atoms with E-state index in [1.165, 1.54) is 83.5 Å². The molecule has 6 heteroatoms. The fourth-order valence-corrected chi connectivity index (χ4v) is 6.74. The molecule has 2 aliphatic rings.